The van der Waals surface area contributed by atoms with Gasteiger partial charge in [-0.25, -0.2) is 5.43 Å². The third-order valence-corrected chi connectivity index (χ3v) is 4.51. The normalized spacial score (nSPS) is 11.0. The van der Waals surface area contributed by atoms with Crippen LogP contribution in [0.3, 0.4) is 0 Å². The fourth-order valence-corrected chi connectivity index (χ4v) is 3.19. The lowest BCUT2D eigenvalue weighted by atomic mass is 10.1. The summed E-state index contributed by atoms with van der Waals surface area (Å²) in [6.45, 7) is 2.04. The first kappa shape index (κ1) is 17.5. The van der Waals surface area contributed by atoms with Crippen LogP contribution in [0.1, 0.15) is 21.7 Å². The molecule has 0 aliphatic heterocycles. The molecule has 4 aromatic rings. The fourth-order valence-electron chi connectivity index (χ4n) is 3.19. The molecule has 0 unspecified atom stereocenters. The van der Waals surface area contributed by atoms with Crippen LogP contribution >= 0.6 is 0 Å². The molecule has 0 saturated heterocycles. The van der Waals surface area contributed by atoms with Gasteiger partial charge in [-0.2, -0.15) is 5.10 Å². The van der Waals surface area contributed by atoms with Crippen LogP contribution in [0, 0.1) is 6.92 Å². The summed E-state index contributed by atoms with van der Waals surface area (Å²) in [7, 11) is 0. The molecule has 0 aliphatic carbocycles. The quantitative estimate of drug-likeness (QED) is 0.413. The van der Waals surface area contributed by atoms with Crippen LogP contribution in [0.25, 0.3) is 11.4 Å². The van der Waals surface area contributed by atoms with Crippen molar-refractivity contribution in [2.45, 2.75) is 6.92 Å². The Morgan fingerprint density at radius 1 is 0.893 bits per heavy atom. The summed E-state index contributed by atoms with van der Waals surface area (Å²) in [5, 5.41) is 4.19. The number of hydrogen-bond donors (Lipinski definition) is 1. The van der Waals surface area contributed by atoms with Crippen LogP contribution < -0.4 is 5.43 Å². The molecular weight excluding hydrogens is 348 g/mol. The van der Waals surface area contributed by atoms with Gasteiger partial charge in [0, 0.05) is 23.8 Å². The van der Waals surface area contributed by atoms with Crippen LogP contribution in [0.15, 0.2) is 96.4 Å². The van der Waals surface area contributed by atoms with Gasteiger partial charge in [0.25, 0.3) is 5.91 Å². The molecule has 0 bridgehead atoms. The number of benzene rings is 2. The number of nitrogens with zero attached hydrogens (tertiary/aromatic N) is 3. The lowest BCUT2D eigenvalue weighted by Crippen LogP contribution is -2.19. The highest BCUT2D eigenvalue weighted by Crippen LogP contribution is 2.16. The summed E-state index contributed by atoms with van der Waals surface area (Å²) in [6.07, 6.45) is 5.48. The Kier molecular flexibility index (Phi) is 4.89. The Bertz CT molecular complexity index is 1110. The minimum atomic E-state index is -0.255. The van der Waals surface area contributed by atoms with Gasteiger partial charge in [0.05, 0.1) is 23.2 Å². The van der Waals surface area contributed by atoms with Gasteiger partial charge in [-0.15, -0.1) is 0 Å². The SMILES string of the molecule is Cc1ccc(/C=N/NC(=O)c2ccccc2-n2cccc2)n1-c1ccccc1. The van der Waals surface area contributed by atoms with Crippen molar-refractivity contribution in [1.29, 1.82) is 0 Å². The van der Waals surface area contributed by atoms with Crippen LogP contribution in [0.5, 0.6) is 0 Å². The number of aromatic nitrogens is 2. The highest BCUT2D eigenvalue weighted by molar-refractivity contribution is 5.98. The van der Waals surface area contributed by atoms with Crippen LogP contribution in [0.4, 0.5) is 0 Å². The molecule has 5 heteroatoms. The highest BCUT2D eigenvalue weighted by Gasteiger charge is 2.11. The Labute approximate surface area is 163 Å². The van der Waals surface area contributed by atoms with E-state index in [-0.39, 0.29) is 5.91 Å². The van der Waals surface area contributed by atoms with Crippen molar-refractivity contribution < 1.29 is 4.79 Å². The molecule has 2 heterocycles. The predicted octanol–water partition coefficient (Wildman–Crippen LogP) is 4.34. The molecule has 1 amide bonds. The maximum absolute atomic E-state index is 12.7. The van der Waals surface area contributed by atoms with E-state index in [0.29, 0.717) is 5.56 Å². The number of nitrogens with one attached hydrogen (secondary N) is 1. The molecular formula is C23H20N4O. The number of carbonyl (C=O) groups is 1. The summed E-state index contributed by atoms with van der Waals surface area (Å²) >= 11 is 0. The van der Waals surface area contributed by atoms with E-state index in [1.165, 1.54) is 0 Å². The summed E-state index contributed by atoms with van der Waals surface area (Å²) in [5.41, 5.74) is 7.05. The Morgan fingerprint density at radius 3 is 2.39 bits per heavy atom. The van der Waals surface area contributed by atoms with Crippen molar-refractivity contribution >= 4 is 12.1 Å². The zero-order valence-corrected chi connectivity index (χ0v) is 15.5. The van der Waals surface area contributed by atoms with E-state index in [2.05, 4.69) is 15.1 Å². The number of aryl methyl sites for hydroxylation is 1. The van der Waals surface area contributed by atoms with Gasteiger partial charge in [-0.05, 0) is 55.5 Å². The summed E-state index contributed by atoms with van der Waals surface area (Å²) in [4.78, 5) is 12.7. The van der Waals surface area contributed by atoms with Crippen molar-refractivity contribution in [1.82, 2.24) is 14.6 Å². The second-order valence-corrected chi connectivity index (χ2v) is 6.38. The number of para-hydroxylation sites is 2. The molecule has 2 aromatic carbocycles. The van der Waals surface area contributed by atoms with Crippen molar-refractivity contribution in [3.8, 4) is 11.4 Å². The third-order valence-electron chi connectivity index (χ3n) is 4.51. The largest absolute Gasteiger partial charge is 0.323 e. The minimum Gasteiger partial charge on any atom is -0.323 e. The lowest BCUT2D eigenvalue weighted by molar-refractivity contribution is 0.0955. The molecule has 0 atom stereocenters. The molecule has 2 aromatic heterocycles. The molecule has 28 heavy (non-hydrogen) atoms. The molecule has 0 aliphatic rings. The minimum absolute atomic E-state index is 0.255. The molecule has 0 radical (unpaired) electrons. The van der Waals surface area contributed by atoms with Gasteiger partial charge in [0.15, 0.2) is 0 Å². The second-order valence-electron chi connectivity index (χ2n) is 6.38. The van der Waals surface area contributed by atoms with Crippen LogP contribution in [-0.2, 0) is 0 Å². The van der Waals surface area contributed by atoms with Gasteiger partial charge in [0.2, 0.25) is 0 Å². The van der Waals surface area contributed by atoms with Crippen molar-refractivity contribution in [2.24, 2.45) is 5.10 Å². The average molecular weight is 368 g/mol. The fraction of sp³-hybridized carbons (Fsp3) is 0.0435. The van der Waals surface area contributed by atoms with E-state index in [1.54, 1.807) is 12.3 Å². The number of rotatable bonds is 5. The zero-order valence-electron chi connectivity index (χ0n) is 15.5. The third kappa shape index (κ3) is 3.50. The molecule has 4 rings (SSSR count). The summed E-state index contributed by atoms with van der Waals surface area (Å²) in [5.74, 6) is -0.255. The smallest absolute Gasteiger partial charge is 0.273 e. The number of carbonyl (C=O) groups excluding carboxylic acids is 1. The Hall–Kier alpha value is -3.86. The van der Waals surface area contributed by atoms with Gasteiger partial charge in [-0.3, -0.25) is 4.79 Å². The van der Waals surface area contributed by atoms with E-state index in [4.69, 9.17) is 0 Å². The molecule has 0 spiro atoms. The van der Waals surface area contributed by atoms with Crippen molar-refractivity contribution in [3.63, 3.8) is 0 Å². The monoisotopic (exact) mass is 368 g/mol. The average Bonchev–Trinajstić information content (AvgIpc) is 3.39. The van der Waals surface area contributed by atoms with E-state index in [1.807, 2.05) is 96.7 Å². The number of hydrogen-bond acceptors (Lipinski definition) is 2. The van der Waals surface area contributed by atoms with Crippen molar-refractivity contribution in [3.05, 3.63) is 108 Å². The standard InChI is InChI=1S/C23H20N4O/c1-18-13-14-20(27(18)19-9-3-2-4-10-19)17-24-25-23(28)21-11-5-6-12-22(21)26-15-7-8-16-26/h2-17H,1H3,(H,25,28)/b24-17+. The summed E-state index contributed by atoms with van der Waals surface area (Å²) in [6, 6.07) is 25.3. The maximum Gasteiger partial charge on any atom is 0.273 e. The van der Waals surface area contributed by atoms with Crippen LogP contribution in [0.2, 0.25) is 0 Å². The first-order chi connectivity index (χ1) is 13.7. The van der Waals surface area contributed by atoms with Gasteiger partial charge in [0.1, 0.15) is 0 Å². The molecule has 0 fully saturated rings. The van der Waals surface area contributed by atoms with Gasteiger partial charge < -0.3 is 9.13 Å². The topological polar surface area (TPSA) is 51.3 Å². The van der Waals surface area contributed by atoms with Crippen molar-refractivity contribution in [2.75, 3.05) is 0 Å². The Morgan fingerprint density at radius 2 is 1.61 bits per heavy atom. The van der Waals surface area contributed by atoms with Gasteiger partial charge >= 0.3 is 0 Å². The predicted molar refractivity (Wildman–Crippen MR) is 111 cm³/mol. The lowest BCUT2D eigenvalue weighted by Gasteiger charge is -2.10. The second kappa shape index (κ2) is 7.80. The molecule has 138 valence electrons. The molecule has 0 saturated carbocycles. The van der Waals surface area contributed by atoms with E-state index in [9.17, 15) is 4.79 Å². The number of hydrazone groups is 1. The first-order valence-corrected chi connectivity index (χ1v) is 9.03. The van der Waals surface area contributed by atoms with E-state index < -0.39 is 0 Å². The highest BCUT2D eigenvalue weighted by atomic mass is 16.2. The maximum atomic E-state index is 12.7. The zero-order chi connectivity index (χ0) is 19.3. The molecule has 5 nitrogen and oxygen atoms in total. The number of amides is 1. The van der Waals surface area contributed by atoms with Crippen LogP contribution in [-0.4, -0.2) is 21.3 Å². The molecule has 1 N–H and O–H groups in total. The summed E-state index contributed by atoms with van der Waals surface area (Å²) < 4.78 is 3.99. The van der Waals surface area contributed by atoms with E-state index in [0.717, 1.165) is 22.8 Å². The Balaban J connectivity index is 1.55. The van der Waals surface area contributed by atoms with E-state index >= 15 is 0 Å². The first-order valence-electron chi connectivity index (χ1n) is 9.03. The van der Waals surface area contributed by atoms with Gasteiger partial charge in [-0.1, -0.05) is 30.3 Å².